The standard InChI is InChI=1S/C18H18N4O3S/c1-12-14(22-18(25-12)15-5-3-9-26-15)10-17(24)20-8-6-16(23)21-13-4-2-7-19-11-13/h2-5,7,9,11H,6,8,10H2,1H3,(H,20,24)(H,21,23). The molecule has 8 heteroatoms. The Bertz CT molecular complexity index is 875. The number of pyridine rings is 1. The van der Waals surface area contributed by atoms with E-state index < -0.39 is 0 Å². The predicted octanol–water partition coefficient (Wildman–Crippen LogP) is 2.79. The number of nitrogens with one attached hydrogen (secondary N) is 2. The van der Waals surface area contributed by atoms with Crippen LogP contribution in [0, 0.1) is 6.92 Å². The van der Waals surface area contributed by atoms with Crippen molar-refractivity contribution in [1.82, 2.24) is 15.3 Å². The van der Waals surface area contributed by atoms with Crippen LogP contribution in [-0.2, 0) is 16.0 Å². The zero-order chi connectivity index (χ0) is 18.4. The molecule has 0 aromatic carbocycles. The SMILES string of the molecule is Cc1oc(-c2cccs2)nc1CC(=O)NCCC(=O)Nc1cccnc1. The zero-order valence-electron chi connectivity index (χ0n) is 14.2. The molecule has 2 amide bonds. The first kappa shape index (κ1) is 17.8. The molecule has 0 fully saturated rings. The van der Waals surface area contributed by atoms with E-state index in [1.165, 1.54) is 11.3 Å². The van der Waals surface area contributed by atoms with Crippen LogP contribution in [-0.4, -0.2) is 28.3 Å². The van der Waals surface area contributed by atoms with Gasteiger partial charge in [0.2, 0.25) is 17.7 Å². The average Bonchev–Trinajstić information content (AvgIpc) is 3.26. The molecule has 3 aromatic heterocycles. The lowest BCUT2D eigenvalue weighted by Gasteiger charge is -2.06. The summed E-state index contributed by atoms with van der Waals surface area (Å²) in [6.45, 7) is 2.04. The molecule has 0 spiro atoms. The Balaban J connectivity index is 1.45. The number of carbonyl (C=O) groups is 2. The summed E-state index contributed by atoms with van der Waals surface area (Å²) >= 11 is 1.53. The molecule has 0 aliphatic rings. The Morgan fingerprint density at radius 2 is 2.12 bits per heavy atom. The molecule has 0 atom stereocenters. The highest BCUT2D eigenvalue weighted by molar-refractivity contribution is 7.13. The van der Waals surface area contributed by atoms with Crippen LogP contribution in [0.1, 0.15) is 17.9 Å². The van der Waals surface area contributed by atoms with Gasteiger partial charge in [0.15, 0.2) is 0 Å². The number of anilines is 1. The van der Waals surface area contributed by atoms with Gasteiger partial charge < -0.3 is 15.1 Å². The van der Waals surface area contributed by atoms with Gasteiger partial charge in [0, 0.05) is 19.2 Å². The van der Waals surface area contributed by atoms with Gasteiger partial charge in [0.05, 0.1) is 28.9 Å². The highest BCUT2D eigenvalue weighted by Crippen LogP contribution is 2.25. The average molecular weight is 370 g/mol. The monoisotopic (exact) mass is 370 g/mol. The third kappa shape index (κ3) is 4.76. The summed E-state index contributed by atoms with van der Waals surface area (Å²) in [6.07, 6.45) is 3.49. The van der Waals surface area contributed by atoms with Gasteiger partial charge in [-0.2, -0.15) is 0 Å². The summed E-state index contributed by atoms with van der Waals surface area (Å²) in [4.78, 5) is 33.1. The summed E-state index contributed by atoms with van der Waals surface area (Å²) in [5.41, 5.74) is 1.23. The number of rotatable bonds is 7. The Labute approximate surface area is 154 Å². The number of aromatic nitrogens is 2. The van der Waals surface area contributed by atoms with Crippen LogP contribution in [0.5, 0.6) is 0 Å². The van der Waals surface area contributed by atoms with Crippen LogP contribution in [0.3, 0.4) is 0 Å². The van der Waals surface area contributed by atoms with Crippen molar-refractivity contribution >= 4 is 28.8 Å². The van der Waals surface area contributed by atoms with Crippen molar-refractivity contribution in [1.29, 1.82) is 0 Å². The molecule has 3 heterocycles. The molecule has 2 N–H and O–H groups in total. The van der Waals surface area contributed by atoms with Gasteiger partial charge in [0.25, 0.3) is 0 Å². The predicted molar refractivity (Wildman–Crippen MR) is 98.8 cm³/mol. The molecule has 3 rings (SSSR count). The number of thiophene rings is 1. The van der Waals surface area contributed by atoms with Gasteiger partial charge in [-0.15, -0.1) is 11.3 Å². The highest BCUT2D eigenvalue weighted by atomic mass is 32.1. The number of amides is 2. The second-order valence-electron chi connectivity index (χ2n) is 5.57. The Hall–Kier alpha value is -3.00. The normalized spacial score (nSPS) is 10.5. The molecule has 0 saturated heterocycles. The summed E-state index contributed by atoms with van der Waals surface area (Å²) in [5.74, 6) is 0.762. The van der Waals surface area contributed by atoms with Gasteiger partial charge in [-0.1, -0.05) is 6.07 Å². The third-order valence-electron chi connectivity index (χ3n) is 3.57. The molecule has 0 bridgehead atoms. The lowest BCUT2D eigenvalue weighted by atomic mass is 10.2. The van der Waals surface area contributed by atoms with E-state index in [0.29, 0.717) is 23.0 Å². The Kier molecular flexibility index (Phi) is 5.75. The van der Waals surface area contributed by atoms with Crippen molar-refractivity contribution in [2.75, 3.05) is 11.9 Å². The second-order valence-corrected chi connectivity index (χ2v) is 6.51. The van der Waals surface area contributed by atoms with Gasteiger partial charge in [-0.3, -0.25) is 14.6 Å². The highest BCUT2D eigenvalue weighted by Gasteiger charge is 2.15. The summed E-state index contributed by atoms with van der Waals surface area (Å²) in [6, 6.07) is 7.33. The van der Waals surface area contributed by atoms with Gasteiger partial charge in [-0.05, 0) is 30.5 Å². The molecule has 0 saturated carbocycles. The minimum absolute atomic E-state index is 0.116. The molecule has 7 nitrogen and oxygen atoms in total. The van der Waals surface area contributed by atoms with Crippen LogP contribution in [0.15, 0.2) is 46.5 Å². The second kappa shape index (κ2) is 8.39. The van der Waals surface area contributed by atoms with Crippen molar-refractivity contribution in [3.05, 3.63) is 53.5 Å². The molecular weight excluding hydrogens is 352 g/mol. The molecule has 0 radical (unpaired) electrons. The number of nitrogens with zero attached hydrogens (tertiary/aromatic N) is 2. The van der Waals surface area contributed by atoms with E-state index >= 15 is 0 Å². The topological polar surface area (TPSA) is 97.1 Å². The first-order valence-corrected chi connectivity index (χ1v) is 8.96. The van der Waals surface area contributed by atoms with Crippen LogP contribution in [0.25, 0.3) is 10.8 Å². The molecule has 0 aliphatic heterocycles. The maximum Gasteiger partial charge on any atom is 0.236 e. The Morgan fingerprint density at radius 3 is 2.85 bits per heavy atom. The van der Waals surface area contributed by atoms with E-state index in [2.05, 4.69) is 20.6 Å². The van der Waals surface area contributed by atoms with Crippen LogP contribution < -0.4 is 10.6 Å². The Morgan fingerprint density at radius 1 is 1.23 bits per heavy atom. The van der Waals surface area contributed by atoms with E-state index in [0.717, 1.165) is 4.88 Å². The van der Waals surface area contributed by atoms with Crippen molar-refractivity contribution in [3.8, 4) is 10.8 Å². The number of hydrogen-bond acceptors (Lipinski definition) is 6. The quantitative estimate of drug-likeness (QED) is 0.666. The minimum atomic E-state index is -0.201. The van der Waals surface area contributed by atoms with Crippen LogP contribution >= 0.6 is 11.3 Å². The number of carbonyl (C=O) groups excluding carboxylic acids is 2. The first-order chi connectivity index (χ1) is 12.6. The van der Waals surface area contributed by atoms with Crippen LogP contribution in [0.4, 0.5) is 5.69 Å². The van der Waals surface area contributed by atoms with E-state index in [4.69, 9.17) is 4.42 Å². The lowest BCUT2D eigenvalue weighted by molar-refractivity contribution is -0.120. The van der Waals surface area contributed by atoms with E-state index in [9.17, 15) is 9.59 Å². The number of aryl methyl sites for hydroxylation is 1. The van der Waals surface area contributed by atoms with Crippen LogP contribution in [0.2, 0.25) is 0 Å². The van der Waals surface area contributed by atoms with Gasteiger partial charge in [-0.25, -0.2) is 4.98 Å². The van der Waals surface area contributed by atoms with E-state index in [1.807, 2.05) is 17.5 Å². The van der Waals surface area contributed by atoms with Crippen molar-refractivity contribution < 1.29 is 14.0 Å². The number of oxazole rings is 1. The van der Waals surface area contributed by atoms with E-state index in [1.54, 1.807) is 31.5 Å². The van der Waals surface area contributed by atoms with E-state index in [-0.39, 0.29) is 31.2 Å². The fourth-order valence-electron chi connectivity index (χ4n) is 2.29. The smallest absolute Gasteiger partial charge is 0.236 e. The molecule has 3 aromatic rings. The maximum absolute atomic E-state index is 12.1. The fraction of sp³-hybridized carbons (Fsp3) is 0.222. The third-order valence-corrected chi connectivity index (χ3v) is 4.43. The fourth-order valence-corrected chi connectivity index (χ4v) is 2.94. The minimum Gasteiger partial charge on any atom is -0.440 e. The van der Waals surface area contributed by atoms with Gasteiger partial charge in [0.1, 0.15) is 5.76 Å². The maximum atomic E-state index is 12.1. The first-order valence-electron chi connectivity index (χ1n) is 8.08. The molecule has 0 aliphatic carbocycles. The zero-order valence-corrected chi connectivity index (χ0v) is 15.0. The van der Waals surface area contributed by atoms with Crippen molar-refractivity contribution in [2.24, 2.45) is 0 Å². The number of hydrogen-bond donors (Lipinski definition) is 2. The summed E-state index contributed by atoms with van der Waals surface area (Å²) in [5, 5.41) is 7.38. The summed E-state index contributed by atoms with van der Waals surface area (Å²) in [7, 11) is 0. The largest absolute Gasteiger partial charge is 0.440 e. The molecule has 134 valence electrons. The molecule has 0 unspecified atom stereocenters. The summed E-state index contributed by atoms with van der Waals surface area (Å²) < 4.78 is 5.62. The lowest BCUT2D eigenvalue weighted by Crippen LogP contribution is -2.29. The molecular formula is C18H18N4O3S. The van der Waals surface area contributed by atoms with Crippen molar-refractivity contribution in [2.45, 2.75) is 19.8 Å². The molecule has 26 heavy (non-hydrogen) atoms. The van der Waals surface area contributed by atoms with Gasteiger partial charge >= 0.3 is 0 Å². The van der Waals surface area contributed by atoms with Crippen molar-refractivity contribution in [3.63, 3.8) is 0 Å².